The highest BCUT2D eigenvalue weighted by Gasteiger charge is 2.41. The molecule has 7 nitrogen and oxygen atoms in total. The van der Waals surface area contributed by atoms with Gasteiger partial charge < -0.3 is 10.1 Å². The third-order valence-corrected chi connectivity index (χ3v) is 7.70. The van der Waals surface area contributed by atoms with Crippen LogP contribution in [0.1, 0.15) is 60.8 Å². The molecule has 5 rings (SSSR count). The van der Waals surface area contributed by atoms with Gasteiger partial charge in [-0.25, -0.2) is 23.3 Å². The molecule has 2 heterocycles. The molecule has 0 spiro atoms. The maximum Gasteiger partial charge on any atom is 0.418 e. The number of nitrogens with zero attached hydrogens (tertiary/aromatic N) is 3. The zero-order chi connectivity index (χ0) is 25.2. The summed E-state index contributed by atoms with van der Waals surface area (Å²) in [5.41, 5.74) is 2.20. The fraction of sp³-hybridized carbons (Fsp3) is 0.444. The minimum atomic E-state index is -1.04. The van der Waals surface area contributed by atoms with Crippen LogP contribution < -0.4 is 5.32 Å². The SMILES string of the molecule is N#Cc1ccccc1C1CCC(N2CCC(NC(=O)N3C(=O)OCC3c3ccc(F)c(F)c3)C2)CC1. The van der Waals surface area contributed by atoms with Crippen molar-refractivity contribution in [3.8, 4) is 6.07 Å². The van der Waals surface area contributed by atoms with E-state index in [2.05, 4.69) is 22.4 Å². The lowest BCUT2D eigenvalue weighted by Crippen LogP contribution is -2.47. The molecule has 188 valence electrons. The van der Waals surface area contributed by atoms with E-state index in [0.29, 0.717) is 24.1 Å². The van der Waals surface area contributed by atoms with Crippen LogP contribution in [0.15, 0.2) is 42.5 Å². The number of ether oxygens (including phenoxy) is 1. The number of carbonyl (C=O) groups is 2. The zero-order valence-electron chi connectivity index (χ0n) is 19.8. The molecule has 0 bridgehead atoms. The maximum absolute atomic E-state index is 13.7. The van der Waals surface area contributed by atoms with Crippen molar-refractivity contribution in [2.45, 2.75) is 56.1 Å². The van der Waals surface area contributed by atoms with Gasteiger partial charge in [0.25, 0.3) is 0 Å². The van der Waals surface area contributed by atoms with Crippen LogP contribution >= 0.6 is 0 Å². The van der Waals surface area contributed by atoms with Gasteiger partial charge in [-0.1, -0.05) is 24.3 Å². The van der Waals surface area contributed by atoms with E-state index < -0.39 is 29.8 Å². The Bertz CT molecular complexity index is 1190. The quantitative estimate of drug-likeness (QED) is 0.658. The predicted octanol–water partition coefficient (Wildman–Crippen LogP) is 4.84. The minimum absolute atomic E-state index is 0.105. The summed E-state index contributed by atoms with van der Waals surface area (Å²) in [6.07, 6.45) is 4.07. The molecule has 1 saturated carbocycles. The van der Waals surface area contributed by atoms with Gasteiger partial charge in [-0.3, -0.25) is 4.90 Å². The Hall–Kier alpha value is -3.51. The number of imide groups is 1. The van der Waals surface area contributed by atoms with E-state index in [4.69, 9.17) is 4.74 Å². The fourth-order valence-electron chi connectivity index (χ4n) is 5.80. The molecule has 2 saturated heterocycles. The molecule has 1 N–H and O–H groups in total. The molecule has 1 aliphatic carbocycles. The zero-order valence-corrected chi connectivity index (χ0v) is 19.8. The summed E-state index contributed by atoms with van der Waals surface area (Å²) in [6.45, 7) is 1.44. The number of nitriles is 1. The molecule has 3 amide bonds. The Morgan fingerprint density at radius 3 is 2.58 bits per heavy atom. The summed E-state index contributed by atoms with van der Waals surface area (Å²) in [4.78, 5) is 28.6. The second-order valence-corrected chi connectivity index (χ2v) is 9.77. The fourth-order valence-corrected chi connectivity index (χ4v) is 5.80. The van der Waals surface area contributed by atoms with Crippen LogP contribution in [0, 0.1) is 23.0 Å². The second-order valence-electron chi connectivity index (χ2n) is 9.77. The van der Waals surface area contributed by atoms with Gasteiger partial charge in [0, 0.05) is 25.2 Å². The van der Waals surface area contributed by atoms with E-state index in [1.54, 1.807) is 0 Å². The summed E-state index contributed by atoms with van der Waals surface area (Å²) in [5, 5.41) is 12.4. The number of halogens is 2. The molecule has 3 fully saturated rings. The van der Waals surface area contributed by atoms with E-state index >= 15 is 0 Å². The Morgan fingerprint density at radius 2 is 1.83 bits per heavy atom. The smallest absolute Gasteiger partial charge is 0.418 e. The summed E-state index contributed by atoms with van der Waals surface area (Å²) in [5.74, 6) is -1.64. The summed E-state index contributed by atoms with van der Waals surface area (Å²) >= 11 is 0. The lowest BCUT2D eigenvalue weighted by atomic mass is 9.80. The molecule has 2 aromatic carbocycles. The van der Waals surface area contributed by atoms with Crippen LogP contribution in [0.3, 0.4) is 0 Å². The van der Waals surface area contributed by atoms with Crippen molar-refractivity contribution in [2.24, 2.45) is 0 Å². The molecule has 3 aliphatic rings. The monoisotopic (exact) mass is 494 g/mol. The van der Waals surface area contributed by atoms with Gasteiger partial charge in [0.15, 0.2) is 11.6 Å². The van der Waals surface area contributed by atoms with Gasteiger partial charge in [0.1, 0.15) is 12.6 Å². The molecular formula is C27H28F2N4O3. The average molecular weight is 495 g/mol. The van der Waals surface area contributed by atoms with Crippen LogP contribution in [0.4, 0.5) is 18.4 Å². The minimum Gasteiger partial charge on any atom is -0.446 e. The van der Waals surface area contributed by atoms with Gasteiger partial charge >= 0.3 is 12.1 Å². The van der Waals surface area contributed by atoms with Gasteiger partial charge in [-0.2, -0.15) is 5.26 Å². The van der Waals surface area contributed by atoms with Crippen molar-refractivity contribution in [1.82, 2.24) is 15.1 Å². The van der Waals surface area contributed by atoms with Gasteiger partial charge in [-0.05, 0) is 67.3 Å². The van der Waals surface area contributed by atoms with E-state index in [-0.39, 0.29) is 12.6 Å². The molecule has 0 radical (unpaired) electrons. The van der Waals surface area contributed by atoms with Crippen molar-refractivity contribution in [2.75, 3.05) is 19.7 Å². The second kappa shape index (κ2) is 10.2. The standard InChI is InChI=1S/C27H28F2N4O3/c28-23-10-7-18(13-24(23)29)25-16-36-27(35)33(25)26(34)31-20-11-12-32(15-20)21-8-5-17(6-9-21)22-4-2-1-3-19(22)14-30/h1-4,7,10,13,17,20-21,25H,5-6,8-9,11-12,15-16H2,(H,31,34). The summed E-state index contributed by atoms with van der Waals surface area (Å²) < 4.78 is 32.1. The molecule has 9 heteroatoms. The predicted molar refractivity (Wildman–Crippen MR) is 127 cm³/mol. The number of rotatable bonds is 4. The molecular weight excluding hydrogens is 466 g/mol. The Balaban J connectivity index is 1.16. The van der Waals surface area contributed by atoms with Crippen LogP contribution in [0.5, 0.6) is 0 Å². The van der Waals surface area contributed by atoms with Crippen LogP contribution in [0.25, 0.3) is 0 Å². The first kappa shape index (κ1) is 24.2. The van der Waals surface area contributed by atoms with Gasteiger partial charge in [-0.15, -0.1) is 0 Å². The number of hydrogen-bond acceptors (Lipinski definition) is 5. The number of likely N-dealkylation sites (tertiary alicyclic amines) is 1. The number of cyclic esters (lactones) is 1. The van der Waals surface area contributed by atoms with Crippen LogP contribution in [0.2, 0.25) is 0 Å². The lowest BCUT2D eigenvalue weighted by molar-refractivity contribution is 0.155. The first-order valence-electron chi connectivity index (χ1n) is 12.4. The molecule has 2 aliphatic heterocycles. The van der Waals surface area contributed by atoms with Crippen molar-refractivity contribution < 1.29 is 23.1 Å². The van der Waals surface area contributed by atoms with E-state index in [1.165, 1.54) is 6.07 Å². The van der Waals surface area contributed by atoms with E-state index in [1.807, 2.05) is 18.2 Å². The highest BCUT2D eigenvalue weighted by molar-refractivity contribution is 5.92. The first-order valence-corrected chi connectivity index (χ1v) is 12.4. The van der Waals surface area contributed by atoms with Crippen LogP contribution in [-0.2, 0) is 4.74 Å². The van der Waals surface area contributed by atoms with Gasteiger partial charge in [0.2, 0.25) is 0 Å². The molecule has 2 atom stereocenters. The van der Waals surface area contributed by atoms with Crippen molar-refractivity contribution in [3.63, 3.8) is 0 Å². The third kappa shape index (κ3) is 4.78. The Kier molecular flexibility index (Phi) is 6.88. The Labute approximate surface area is 208 Å². The number of nitrogens with one attached hydrogen (secondary N) is 1. The molecule has 2 unspecified atom stereocenters. The van der Waals surface area contributed by atoms with Gasteiger partial charge in [0.05, 0.1) is 11.6 Å². The van der Waals surface area contributed by atoms with Crippen molar-refractivity contribution in [3.05, 3.63) is 70.8 Å². The average Bonchev–Trinajstić information content (AvgIpc) is 3.52. The first-order chi connectivity index (χ1) is 17.4. The van der Waals surface area contributed by atoms with E-state index in [0.717, 1.165) is 66.8 Å². The largest absolute Gasteiger partial charge is 0.446 e. The number of carbonyl (C=O) groups excluding carboxylic acids is 2. The lowest BCUT2D eigenvalue weighted by Gasteiger charge is -2.35. The normalized spacial score (nSPS) is 26.5. The summed E-state index contributed by atoms with van der Waals surface area (Å²) in [6, 6.07) is 12.4. The Morgan fingerprint density at radius 1 is 1.06 bits per heavy atom. The van der Waals surface area contributed by atoms with Crippen molar-refractivity contribution in [1.29, 1.82) is 5.26 Å². The third-order valence-electron chi connectivity index (χ3n) is 7.70. The number of benzene rings is 2. The highest BCUT2D eigenvalue weighted by Crippen LogP contribution is 2.37. The molecule has 0 aromatic heterocycles. The highest BCUT2D eigenvalue weighted by atomic mass is 19.2. The van der Waals surface area contributed by atoms with Crippen molar-refractivity contribution >= 4 is 12.1 Å². The number of urea groups is 1. The molecule has 36 heavy (non-hydrogen) atoms. The van der Waals surface area contributed by atoms with Crippen LogP contribution in [-0.4, -0.2) is 53.7 Å². The maximum atomic E-state index is 13.7. The van der Waals surface area contributed by atoms with E-state index in [9.17, 15) is 23.6 Å². The topological polar surface area (TPSA) is 85.7 Å². The summed E-state index contributed by atoms with van der Waals surface area (Å²) in [7, 11) is 0. The molecule has 2 aromatic rings. The number of amides is 3. The number of hydrogen-bond donors (Lipinski definition) is 1.